The van der Waals surface area contributed by atoms with Crippen LogP contribution in [0.15, 0.2) is 49.1 Å². The van der Waals surface area contributed by atoms with Crippen molar-refractivity contribution >= 4 is 0 Å². The van der Waals surface area contributed by atoms with Crippen LogP contribution in [0.1, 0.15) is 94.6 Å². The highest BCUT2D eigenvalue weighted by Gasteiger charge is 2.31. The van der Waals surface area contributed by atoms with Crippen molar-refractivity contribution < 1.29 is 4.74 Å². The molecule has 0 amide bonds. The fraction of sp³-hybridized carbons (Fsp3) is 0.643. The molecule has 3 rings (SSSR count). The van der Waals surface area contributed by atoms with E-state index in [0.717, 1.165) is 43.3 Å². The van der Waals surface area contributed by atoms with Crippen LogP contribution in [0.5, 0.6) is 0 Å². The SMILES string of the molecule is C=CCCOCc1ccc(C2CCC([C@H]3CC[C@H](CC/C=C/C)CC3)CC2)cc1. The van der Waals surface area contributed by atoms with Gasteiger partial charge in [-0.15, -0.1) is 6.58 Å². The quantitative estimate of drug-likeness (QED) is 0.287. The minimum Gasteiger partial charge on any atom is -0.376 e. The van der Waals surface area contributed by atoms with Gasteiger partial charge in [0.25, 0.3) is 0 Å². The van der Waals surface area contributed by atoms with Gasteiger partial charge < -0.3 is 4.74 Å². The lowest BCUT2D eigenvalue weighted by atomic mass is 9.68. The van der Waals surface area contributed by atoms with Crippen molar-refractivity contribution in [1.29, 1.82) is 0 Å². The lowest BCUT2D eigenvalue weighted by molar-refractivity contribution is 0.125. The monoisotopic (exact) mass is 394 g/mol. The highest BCUT2D eigenvalue weighted by atomic mass is 16.5. The second kappa shape index (κ2) is 12.4. The fourth-order valence-corrected chi connectivity index (χ4v) is 5.61. The molecule has 2 aliphatic rings. The number of allylic oxidation sites excluding steroid dienone is 2. The van der Waals surface area contributed by atoms with Gasteiger partial charge in [0, 0.05) is 0 Å². The average Bonchev–Trinajstić information content (AvgIpc) is 2.78. The zero-order valence-electron chi connectivity index (χ0n) is 18.7. The van der Waals surface area contributed by atoms with Crippen molar-refractivity contribution in [2.45, 2.75) is 90.1 Å². The normalized spacial score (nSPS) is 27.9. The molecule has 0 heterocycles. The zero-order chi connectivity index (χ0) is 20.3. The van der Waals surface area contributed by atoms with Gasteiger partial charge in [0.15, 0.2) is 0 Å². The highest BCUT2D eigenvalue weighted by Crippen LogP contribution is 2.44. The number of rotatable bonds is 10. The van der Waals surface area contributed by atoms with Crippen molar-refractivity contribution in [2.75, 3.05) is 6.61 Å². The molecule has 0 aromatic heterocycles. The number of ether oxygens (including phenoxy) is 1. The Morgan fingerprint density at radius 2 is 1.55 bits per heavy atom. The van der Waals surface area contributed by atoms with Crippen LogP contribution in [-0.4, -0.2) is 6.61 Å². The van der Waals surface area contributed by atoms with Crippen molar-refractivity contribution in [3.05, 3.63) is 60.2 Å². The third-order valence-corrected chi connectivity index (χ3v) is 7.49. The predicted molar refractivity (Wildman–Crippen MR) is 125 cm³/mol. The summed E-state index contributed by atoms with van der Waals surface area (Å²) in [4.78, 5) is 0. The summed E-state index contributed by atoms with van der Waals surface area (Å²) >= 11 is 0. The van der Waals surface area contributed by atoms with Crippen LogP contribution in [-0.2, 0) is 11.3 Å². The molecule has 0 radical (unpaired) electrons. The molecule has 0 N–H and O–H groups in total. The molecule has 1 aromatic carbocycles. The molecule has 1 nitrogen and oxygen atoms in total. The molecular weight excluding hydrogens is 352 g/mol. The topological polar surface area (TPSA) is 9.23 Å². The van der Waals surface area contributed by atoms with E-state index in [2.05, 4.69) is 49.9 Å². The van der Waals surface area contributed by atoms with E-state index in [1.54, 1.807) is 5.56 Å². The van der Waals surface area contributed by atoms with Crippen molar-refractivity contribution in [3.8, 4) is 0 Å². The highest BCUT2D eigenvalue weighted by molar-refractivity contribution is 5.25. The van der Waals surface area contributed by atoms with Crippen LogP contribution < -0.4 is 0 Å². The first kappa shape index (κ1) is 22.3. The van der Waals surface area contributed by atoms with Crippen LogP contribution in [0, 0.1) is 17.8 Å². The Hall–Kier alpha value is -1.34. The van der Waals surface area contributed by atoms with Crippen molar-refractivity contribution in [2.24, 2.45) is 17.8 Å². The molecule has 2 fully saturated rings. The Bertz CT molecular complexity index is 598. The lowest BCUT2D eigenvalue weighted by Gasteiger charge is -2.38. The Kier molecular flexibility index (Phi) is 9.54. The summed E-state index contributed by atoms with van der Waals surface area (Å²) in [6.45, 7) is 7.37. The van der Waals surface area contributed by atoms with E-state index in [-0.39, 0.29) is 0 Å². The number of hydrogen-bond acceptors (Lipinski definition) is 1. The van der Waals surface area contributed by atoms with Gasteiger partial charge in [-0.3, -0.25) is 0 Å². The van der Waals surface area contributed by atoms with E-state index in [4.69, 9.17) is 4.74 Å². The van der Waals surface area contributed by atoms with Crippen LogP contribution in [0.3, 0.4) is 0 Å². The van der Waals surface area contributed by atoms with Crippen LogP contribution in [0.2, 0.25) is 0 Å². The number of hydrogen-bond donors (Lipinski definition) is 0. The van der Waals surface area contributed by atoms with Gasteiger partial charge in [0.05, 0.1) is 13.2 Å². The summed E-state index contributed by atoms with van der Waals surface area (Å²) in [5.41, 5.74) is 2.84. The third kappa shape index (κ3) is 7.14. The second-order valence-electron chi connectivity index (χ2n) is 9.41. The van der Waals surface area contributed by atoms with Crippen molar-refractivity contribution in [3.63, 3.8) is 0 Å². The van der Waals surface area contributed by atoms with Crippen molar-refractivity contribution in [1.82, 2.24) is 0 Å². The summed E-state index contributed by atoms with van der Waals surface area (Å²) in [6.07, 6.45) is 21.7. The minimum atomic E-state index is 0.721. The summed E-state index contributed by atoms with van der Waals surface area (Å²) in [5.74, 6) is 3.79. The van der Waals surface area contributed by atoms with Crippen LogP contribution in [0.25, 0.3) is 0 Å². The molecule has 0 saturated heterocycles. The van der Waals surface area contributed by atoms with E-state index < -0.39 is 0 Å². The minimum absolute atomic E-state index is 0.721. The molecule has 160 valence electrons. The molecule has 0 unspecified atom stereocenters. The molecule has 2 aliphatic carbocycles. The molecule has 0 aliphatic heterocycles. The third-order valence-electron chi connectivity index (χ3n) is 7.49. The van der Waals surface area contributed by atoms with Gasteiger partial charge >= 0.3 is 0 Å². The smallest absolute Gasteiger partial charge is 0.0717 e. The predicted octanol–water partition coefficient (Wildman–Crippen LogP) is 8.22. The molecule has 1 aromatic rings. The van der Waals surface area contributed by atoms with Gasteiger partial charge in [-0.25, -0.2) is 0 Å². The maximum Gasteiger partial charge on any atom is 0.0717 e. The summed E-state index contributed by atoms with van der Waals surface area (Å²) in [5, 5.41) is 0. The van der Waals surface area contributed by atoms with Gasteiger partial charge in [0.2, 0.25) is 0 Å². The number of benzene rings is 1. The largest absolute Gasteiger partial charge is 0.376 e. The zero-order valence-corrected chi connectivity index (χ0v) is 18.7. The Labute approximate surface area is 179 Å². The Balaban J connectivity index is 1.37. The van der Waals surface area contributed by atoms with E-state index >= 15 is 0 Å². The van der Waals surface area contributed by atoms with Gasteiger partial charge in [0.1, 0.15) is 0 Å². The van der Waals surface area contributed by atoms with Gasteiger partial charge in [-0.2, -0.15) is 0 Å². The van der Waals surface area contributed by atoms with Gasteiger partial charge in [-0.1, -0.05) is 55.3 Å². The molecule has 0 spiro atoms. The van der Waals surface area contributed by atoms with E-state index in [1.165, 1.54) is 69.8 Å². The lowest BCUT2D eigenvalue weighted by Crippen LogP contribution is -2.25. The second-order valence-corrected chi connectivity index (χ2v) is 9.41. The molecular formula is C28H42O. The Morgan fingerprint density at radius 3 is 2.17 bits per heavy atom. The van der Waals surface area contributed by atoms with E-state index in [0.29, 0.717) is 0 Å². The molecule has 0 bridgehead atoms. The molecule has 2 saturated carbocycles. The maximum absolute atomic E-state index is 5.69. The fourth-order valence-electron chi connectivity index (χ4n) is 5.61. The average molecular weight is 395 g/mol. The summed E-state index contributed by atoms with van der Waals surface area (Å²) in [6, 6.07) is 9.24. The van der Waals surface area contributed by atoms with E-state index in [9.17, 15) is 0 Å². The summed E-state index contributed by atoms with van der Waals surface area (Å²) in [7, 11) is 0. The first-order chi connectivity index (χ1) is 14.3. The van der Waals surface area contributed by atoms with E-state index in [1.807, 2.05) is 6.08 Å². The van der Waals surface area contributed by atoms with Gasteiger partial charge in [-0.05, 0) is 99.5 Å². The Morgan fingerprint density at radius 1 is 0.897 bits per heavy atom. The summed E-state index contributed by atoms with van der Waals surface area (Å²) < 4.78 is 5.69. The van der Waals surface area contributed by atoms with Crippen LogP contribution in [0.4, 0.5) is 0 Å². The standard InChI is InChI=1S/C28H42O/c1-3-5-7-8-23-9-13-25(14-10-23)27-17-19-28(20-18-27)26-15-11-24(12-16-26)22-29-21-6-4-2/h3-5,11-12,15-16,23,25,27-28H,2,6-10,13-14,17-22H2,1H3/b5-3+/t23-,25-,27?,28?. The first-order valence-corrected chi connectivity index (χ1v) is 12.2. The van der Waals surface area contributed by atoms with Crippen LogP contribution >= 0.6 is 0 Å². The molecule has 0 atom stereocenters. The molecule has 29 heavy (non-hydrogen) atoms. The molecule has 1 heteroatoms. The first-order valence-electron chi connectivity index (χ1n) is 12.2. The maximum atomic E-state index is 5.69.